The molecule has 0 amide bonds. The van der Waals surface area contributed by atoms with E-state index in [1.54, 1.807) is 12.4 Å². The number of pyridine rings is 1. The molecule has 0 atom stereocenters. The first kappa shape index (κ1) is 7.49. The van der Waals surface area contributed by atoms with Crippen LogP contribution in [0.3, 0.4) is 0 Å². The van der Waals surface area contributed by atoms with E-state index in [1.807, 2.05) is 6.07 Å². The average molecular weight is 225 g/mol. The summed E-state index contributed by atoms with van der Waals surface area (Å²) in [6, 6.07) is 1.83. The van der Waals surface area contributed by atoms with Crippen molar-refractivity contribution in [3.05, 3.63) is 28.6 Å². The minimum atomic E-state index is 0.554. The molecule has 0 saturated carbocycles. The van der Waals surface area contributed by atoms with Crippen LogP contribution in [0.1, 0.15) is 10.5 Å². The molecule has 1 N–H and O–H groups in total. The van der Waals surface area contributed by atoms with Gasteiger partial charge in [0.25, 0.3) is 0 Å². The molecule has 4 heteroatoms. The fourth-order valence-corrected chi connectivity index (χ4v) is 1.61. The smallest absolute Gasteiger partial charge is 0.167 e. The molecule has 0 fully saturated rings. The third-order valence-corrected chi connectivity index (χ3v) is 2.54. The molecule has 0 spiro atoms. The number of fused-ring (bicyclic) bond motifs is 1. The number of aromatic nitrogens is 2. The summed E-state index contributed by atoms with van der Waals surface area (Å²) >= 11 is 3.31. The SMILES string of the molecule is O=Cc1[nH]c2ccncc2c1Br. The average Bonchev–Trinajstić information content (AvgIpc) is 2.44. The van der Waals surface area contributed by atoms with Crippen molar-refractivity contribution in [3.63, 3.8) is 0 Å². The highest BCUT2D eigenvalue weighted by molar-refractivity contribution is 9.10. The molecule has 3 nitrogen and oxygen atoms in total. The summed E-state index contributed by atoms with van der Waals surface area (Å²) in [7, 11) is 0. The summed E-state index contributed by atoms with van der Waals surface area (Å²) in [4.78, 5) is 17.4. The lowest BCUT2D eigenvalue weighted by atomic mass is 10.3. The Balaban J connectivity index is 2.87. The molecule has 12 heavy (non-hydrogen) atoms. The molecule has 0 aromatic carbocycles. The number of carbonyl (C=O) groups is 1. The highest BCUT2D eigenvalue weighted by Crippen LogP contribution is 2.25. The van der Waals surface area contributed by atoms with E-state index in [0.29, 0.717) is 5.69 Å². The van der Waals surface area contributed by atoms with Crippen LogP contribution in [0, 0.1) is 0 Å². The van der Waals surface area contributed by atoms with Crippen LogP contribution in [0.5, 0.6) is 0 Å². The van der Waals surface area contributed by atoms with Crippen LogP contribution in [-0.4, -0.2) is 16.3 Å². The molecule has 0 aliphatic heterocycles. The summed E-state index contributed by atoms with van der Waals surface area (Å²) in [6.45, 7) is 0. The molecular weight excluding hydrogens is 220 g/mol. The van der Waals surface area contributed by atoms with Crippen molar-refractivity contribution in [1.29, 1.82) is 0 Å². The maximum atomic E-state index is 10.5. The van der Waals surface area contributed by atoms with Gasteiger partial charge >= 0.3 is 0 Å². The Labute approximate surface area is 76.9 Å². The lowest BCUT2D eigenvalue weighted by Gasteiger charge is -1.85. The van der Waals surface area contributed by atoms with Gasteiger partial charge in [0, 0.05) is 17.8 Å². The Hall–Kier alpha value is -1.16. The third-order valence-electron chi connectivity index (χ3n) is 1.68. The molecule has 0 unspecified atom stereocenters. The van der Waals surface area contributed by atoms with E-state index in [2.05, 4.69) is 25.9 Å². The van der Waals surface area contributed by atoms with Crippen LogP contribution in [0.4, 0.5) is 0 Å². The van der Waals surface area contributed by atoms with E-state index < -0.39 is 0 Å². The van der Waals surface area contributed by atoms with E-state index in [4.69, 9.17) is 0 Å². The Bertz CT molecular complexity index is 436. The summed E-state index contributed by atoms with van der Waals surface area (Å²) in [5.74, 6) is 0. The standard InChI is InChI=1S/C8H5BrN2O/c9-8-5-3-10-2-1-6(5)11-7(8)4-12/h1-4,11H. The molecule has 2 aromatic rings. The quantitative estimate of drug-likeness (QED) is 0.755. The van der Waals surface area contributed by atoms with Gasteiger partial charge in [-0.1, -0.05) is 0 Å². The van der Waals surface area contributed by atoms with Crippen LogP contribution in [-0.2, 0) is 0 Å². The number of aldehydes is 1. The number of nitrogens with one attached hydrogen (secondary N) is 1. The van der Waals surface area contributed by atoms with E-state index >= 15 is 0 Å². The van der Waals surface area contributed by atoms with Crippen molar-refractivity contribution in [2.24, 2.45) is 0 Å². The number of H-pyrrole nitrogens is 1. The van der Waals surface area contributed by atoms with E-state index in [1.165, 1.54) is 0 Å². The summed E-state index contributed by atoms with van der Waals surface area (Å²) in [5.41, 5.74) is 1.47. The van der Waals surface area contributed by atoms with Gasteiger partial charge in [-0.05, 0) is 22.0 Å². The largest absolute Gasteiger partial charge is 0.351 e. The maximum Gasteiger partial charge on any atom is 0.167 e. The molecule has 0 saturated heterocycles. The first-order chi connectivity index (χ1) is 5.83. The second-order valence-corrected chi connectivity index (χ2v) is 3.18. The van der Waals surface area contributed by atoms with Gasteiger partial charge in [-0.25, -0.2) is 0 Å². The van der Waals surface area contributed by atoms with Crippen LogP contribution >= 0.6 is 15.9 Å². The van der Waals surface area contributed by atoms with Crippen LogP contribution in [0.25, 0.3) is 10.9 Å². The summed E-state index contributed by atoms with van der Waals surface area (Å²) in [6.07, 6.45) is 4.17. The molecule has 2 rings (SSSR count). The van der Waals surface area contributed by atoms with Crippen LogP contribution in [0.15, 0.2) is 22.9 Å². The number of hydrogen-bond donors (Lipinski definition) is 1. The minimum Gasteiger partial charge on any atom is -0.351 e. The normalized spacial score (nSPS) is 10.4. The van der Waals surface area contributed by atoms with Crippen molar-refractivity contribution in [2.45, 2.75) is 0 Å². The lowest BCUT2D eigenvalue weighted by Crippen LogP contribution is -1.76. The molecule has 60 valence electrons. The topological polar surface area (TPSA) is 45.8 Å². The Morgan fingerprint density at radius 2 is 2.42 bits per heavy atom. The molecule has 0 radical (unpaired) electrons. The lowest BCUT2D eigenvalue weighted by molar-refractivity contribution is 0.111. The first-order valence-corrected chi connectivity index (χ1v) is 4.18. The summed E-state index contributed by atoms with van der Waals surface area (Å²) < 4.78 is 0.778. The second-order valence-electron chi connectivity index (χ2n) is 2.39. The number of hydrogen-bond acceptors (Lipinski definition) is 2. The second kappa shape index (κ2) is 2.71. The van der Waals surface area contributed by atoms with E-state index in [-0.39, 0.29) is 0 Å². The number of aromatic amines is 1. The van der Waals surface area contributed by atoms with Crippen LogP contribution in [0.2, 0.25) is 0 Å². The maximum absolute atomic E-state index is 10.5. The Morgan fingerprint density at radius 1 is 1.58 bits per heavy atom. The zero-order chi connectivity index (χ0) is 8.55. The Kier molecular flexibility index (Phi) is 1.69. The Morgan fingerprint density at radius 3 is 3.08 bits per heavy atom. The predicted molar refractivity (Wildman–Crippen MR) is 49.2 cm³/mol. The van der Waals surface area contributed by atoms with Gasteiger partial charge in [0.15, 0.2) is 6.29 Å². The van der Waals surface area contributed by atoms with Crippen molar-refractivity contribution in [1.82, 2.24) is 9.97 Å². The minimum absolute atomic E-state index is 0.554. The van der Waals surface area contributed by atoms with Crippen molar-refractivity contribution in [3.8, 4) is 0 Å². The highest BCUT2D eigenvalue weighted by atomic mass is 79.9. The number of halogens is 1. The first-order valence-electron chi connectivity index (χ1n) is 3.39. The highest BCUT2D eigenvalue weighted by Gasteiger charge is 2.06. The molecule has 0 aliphatic rings. The van der Waals surface area contributed by atoms with Gasteiger partial charge in [-0.15, -0.1) is 0 Å². The van der Waals surface area contributed by atoms with Gasteiger partial charge in [-0.2, -0.15) is 0 Å². The van der Waals surface area contributed by atoms with Crippen LogP contribution < -0.4 is 0 Å². The van der Waals surface area contributed by atoms with Crippen molar-refractivity contribution < 1.29 is 4.79 Å². The molecular formula is C8H5BrN2O. The van der Waals surface area contributed by atoms with Crippen molar-refractivity contribution in [2.75, 3.05) is 0 Å². The predicted octanol–water partition coefficient (Wildman–Crippen LogP) is 2.14. The fraction of sp³-hybridized carbons (Fsp3) is 0. The van der Waals surface area contributed by atoms with Crippen molar-refractivity contribution >= 4 is 33.1 Å². The molecule has 2 aromatic heterocycles. The molecule has 0 bridgehead atoms. The van der Waals surface area contributed by atoms with Gasteiger partial charge in [-0.3, -0.25) is 9.78 Å². The van der Waals surface area contributed by atoms with Gasteiger partial charge in [0.1, 0.15) is 0 Å². The number of nitrogens with zero attached hydrogens (tertiary/aromatic N) is 1. The zero-order valence-corrected chi connectivity index (χ0v) is 7.63. The number of rotatable bonds is 1. The van der Waals surface area contributed by atoms with E-state index in [9.17, 15) is 4.79 Å². The zero-order valence-electron chi connectivity index (χ0n) is 6.04. The van der Waals surface area contributed by atoms with E-state index in [0.717, 1.165) is 21.7 Å². The molecule has 2 heterocycles. The number of carbonyl (C=O) groups excluding carboxylic acids is 1. The molecule has 0 aliphatic carbocycles. The van der Waals surface area contributed by atoms with Gasteiger partial charge < -0.3 is 4.98 Å². The third kappa shape index (κ3) is 0.956. The van der Waals surface area contributed by atoms with Gasteiger partial charge in [0.05, 0.1) is 15.7 Å². The monoisotopic (exact) mass is 224 g/mol. The fourth-order valence-electron chi connectivity index (χ4n) is 1.10. The summed E-state index contributed by atoms with van der Waals surface area (Å²) in [5, 5.41) is 0.930. The van der Waals surface area contributed by atoms with Gasteiger partial charge in [0.2, 0.25) is 0 Å².